The molecule has 1 fully saturated rings. The lowest BCUT2D eigenvalue weighted by Crippen LogP contribution is -2.38. The molecular weight excluding hydrogens is 447 g/mol. The van der Waals surface area contributed by atoms with Gasteiger partial charge in [-0.05, 0) is 48.9 Å². The van der Waals surface area contributed by atoms with Crippen LogP contribution in [0.25, 0.3) is 5.57 Å². The molecule has 0 N–H and O–H groups in total. The van der Waals surface area contributed by atoms with Gasteiger partial charge in [0.15, 0.2) is 5.78 Å². The standard InChI is InChI=1S/C23H27IN2O/c1-17(27)22(16-25(2)3)19-9-11-21(12-10-19)26-14-13-20(15-23(26)24)18-7-5-4-6-8-18/h4-12,16,20,23H,13-15H2,1-3H3. The molecule has 0 radical (unpaired) electrons. The van der Waals surface area contributed by atoms with Gasteiger partial charge in [0.1, 0.15) is 0 Å². The van der Waals surface area contributed by atoms with Crippen LogP contribution >= 0.6 is 22.6 Å². The molecule has 0 saturated carbocycles. The molecule has 1 saturated heterocycles. The molecule has 2 atom stereocenters. The molecule has 2 aromatic carbocycles. The van der Waals surface area contributed by atoms with E-state index in [0.29, 0.717) is 9.97 Å². The number of ketones is 1. The Hall–Kier alpha value is -1.82. The third-order valence-electron chi connectivity index (χ3n) is 5.08. The molecule has 2 unspecified atom stereocenters. The summed E-state index contributed by atoms with van der Waals surface area (Å²) in [5.74, 6) is 0.725. The third kappa shape index (κ3) is 4.92. The van der Waals surface area contributed by atoms with Crippen molar-refractivity contribution >= 4 is 39.6 Å². The van der Waals surface area contributed by atoms with Gasteiger partial charge in [0.05, 0.1) is 4.05 Å². The molecule has 142 valence electrons. The Morgan fingerprint density at radius 2 is 1.78 bits per heavy atom. The number of hydrogen-bond donors (Lipinski definition) is 0. The number of piperidine rings is 1. The summed E-state index contributed by atoms with van der Waals surface area (Å²) in [6.07, 6.45) is 4.22. The molecule has 1 heterocycles. The van der Waals surface area contributed by atoms with Crippen molar-refractivity contribution in [2.24, 2.45) is 0 Å². The van der Waals surface area contributed by atoms with Gasteiger partial charge in [0.25, 0.3) is 0 Å². The average molecular weight is 474 g/mol. The number of benzene rings is 2. The first-order valence-electron chi connectivity index (χ1n) is 9.41. The largest absolute Gasteiger partial charge is 0.383 e. The van der Waals surface area contributed by atoms with Gasteiger partial charge in [0.2, 0.25) is 0 Å². The Morgan fingerprint density at radius 1 is 1.11 bits per heavy atom. The number of Topliss-reactive ketones (excluding diaryl/α,β-unsaturated/α-hetero) is 1. The smallest absolute Gasteiger partial charge is 0.161 e. The molecule has 4 heteroatoms. The maximum Gasteiger partial charge on any atom is 0.161 e. The van der Waals surface area contributed by atoms with E-state index in [0.717, 1.165) is 24.1 Å². The topological polar surface area (TPSA) is 23.6 Å². The van der Waals surface area contributed by atoms with E-state index in [9.17, 15) is 4.79 Å². The normalized spacial score (nSPS) is 20.4. The van der Waals surface area contributed by atoms with Crippen LogP contribution in [0.3, 0.4) is 0 Å². The highest BCUT2D eigenvalue weighted by atomic mass is 127. The number of carbonyl (C=O) groups excluding carboxylic acids is 1. The zero-order valence-corrected chi connectivity index (χ0v) is 18.4. The predicted octanol–water partition coefficient (Wildman–Crippen LogP) is 5.32. The molecular formula is C23H27IN2O. The highest BCUT2D eigenvalue weighted by Gasteiger charge is 2.27. The summed E-state index contributed by atoms with van der Waals surface area (Å²) in [6.45, 7) is 2.68. The van der Waals surface area contributed by atoms with Crippen LogP contribution in [-0.2, 0) is 4.79 Å². The Balaban J connectivity index is 1.73. The van der Waals surface area contributed by atoms with Crippen molar-refractivity contribution in [3.63, 3.8) is 0 Å². The number of anilines is 1. The predicted molar refractivity (Wildman–Crippen MR) is 122 cm³/mol. The average Bonchev–Trinajstić information content (AvgIpc) is 2.67. The zero-order chi connectivity index (χ0) is 19.4. The van der Waals surface area contributed by atoms with Crippen LogP contribution in [0.4, 0.5) is 5.69 Å². The Morgan fingerprint density at radius 3 is 2.33 bits per heavy atom. The summed E-state index contributed by atoms with van der Waals surface area (Å²) in [5, 5.41) is 0. The van der Waals surface area contributed by atoms with E-state index in [1.807, 2.05) is 25.2 Å². The van der Waals surface area contributed by atoms with Gasteiger partial charge < -0.3 is 9.80 Å². The minimum absolute atomic E-state index is 0.0897. The lowest BCUT2D eigenvalue weighted by atomic mass is 9.89. The molecule has 1 aliphatic heterocycles. The molecule has 2 aromatic rings. The first kappa shape index (κ1) is 19.9. The summed E-state index contributed by atoms with van der Waals surface area (Å²) < 4.78 is 0.469. The number of nitrogens with zero attached hydrogens (tertiary/aromatic N) is 2. The summed E-state index contributed by atoms with van der Waals surface area (Å²) in [6, 6.07) is 19.3. The summed E-state index contributed by atoms with van der Waals surface area (Å²) in [4.78, 5) is 16.4. The fourth-order valence-corrected chi connectivity index (χ4v) is 4.91. The highest BCUT2D eigenvalue weighted by Crippen LogP contribution is 2.37. The van der Waals surface area contributed by atoms with E-state index < -0.39 is 0 Å². The zero-order valence-electron chi connectivity index (χ0n) is 16.2. The minimum atomic E-state index is 0.0897. The van der Waals surface area contributed by atoms with Gasteiger partial charge in [-0.25, -0.2) is 0 Å². The van der Waals surface area contributed by atoms with Crippen LogP contribution < -0.4 is 4.90 Å². The molecule has 0 aromatic heterocycles. The van der Waals surface area contributed by atoms with E-state index in [2.05, 4.69) is 82.1 Å². The number of hydrogen-bond acceptors (Lipinski definition) is 3. The number of allylic oxidation sites excluding steroid dienone is 1. The van der Waals surface area contributed by atoms with Crippen LogP contribution in [0.15, 0.2) is 60.8 Å². The second kappa shape index (κ2) is 8.91. The van der Waals surface area contributed by atoms with E-state index >= 15 is 0 Å². The van der Waals surface area contributed by atoms with Crippen LogP contribution in [0, 0.1) is 0 Å². The van der Waals surface area contributed by atoms with Gasteiger partial charge in [-0.15, -0.1) is 0 Å². The number of rotatable bonds is 5. The summed E-state index contributed by atoms with van der Waals surface area (Å²) >= 11 is 2.57. The van der Waals surface area contributed by atoms with Crippen molar-refractivity contribution < 1.29 is 4.79 Å². The highest BCUT2D eigenvalue weighted by molar-refractivity contribution is 14.1. The van der Waals surface area contributed by atoms with Gasteiger partial charge in [-0.3, -0.25) is 4.79 Å². The van der Waals surface area contributed by atoms with Gasteiger partial charge >= 0.3 is 0 Å². The van der Waals surface area contributed by atoms with Gasteiger partial charge in [-0.2, -0.15) is 0 Å². The number of alkyl halides is 1. The first-order valence-corrected chi connectivity index (χ1v) is 10.7. The molecule has 27 heavy (non-hydrogen) atoms. The molecule has 1 aliphatic rings. The molecule has 3 rings (SSSR count). The van der Waals surface area contributed by atoms with Gasteiger partial charge in [0, 0.05) is 38.1 Å². The quantitative estimate of drug-likeness (QED) is 0.254. The first-order chi connectivity index (χ1) is 13.0. The van der Waals surface area contributed by atoms with Gasteiger partial charge in [-0.1, -0.05) is 65.1 Å². The van der Waals surface area contributed by atoms with Crippen molar-refractivity contribution in [2.75, 3.05) is 25.5 Å². The van der Waals surface area contributed by atoms with Crippen molar-refractivity contribution in [2.45, 2.75) is 29.7 Å². The number of carbonyl (C=O) groups is 1. The third-order valence-corrected chi connectivity index (χ3v) is 6.26. The van der Waals surface area contributed by atoms with Crippen LogP contribution in [0.2, 0.25) is 0 Å². The molecule has 0 spiro atoms. The lowest BCUT2D eigenvalue weighted by molar-refractivity contribution is -0.111. The van der Waals surface area contributed by atoms with Crippen molar-refractivity contribution in [1.82, 2.24) is 4.90 Å². The fourth-order valence-electron chi connectivity index (χ4n) is 3.69. The Labute approximate surface area is 176 Å². The SMILES string of the molecule is CC(=O)C(=CN(C)C)c1ccc(N2CCC(c3ccccc3)CC2I)cc1. The summed E-state index contributed by atoms with van der Waals surface area (Å²) in [5.41, 5.74) is 4.41. The van der Waals surface area contributed by atoms with Crippen molar-refractivity contribution in [3.8, 4) is 0 Å². The second-order valence-electron chi connectivity index (χ2n) is 7.37. The molecule has 0 amide bonds. The fraction of sp³-hybridized carbons (Fsp3) is 0.348. The Kier molecular flexibility index (Phi) is 6.58. The van der Waals surface area contributed by atoms with E-state index in [1.54, 1.807) is 6.92 Å². The Bertz CT molecular complexity index is 799. The van der Waals surface area contributed by atoms with E-state index in [1.165, 1.54) is 17.7 Å². The maximum atomic E-state index is 12.0. The monoisotopic (exact) mass is 474 g/mol. The minimum Gasteiger partial charge on any atom is -0.383 e. The van der Waals surface area contributed by atoms with Crippen molar-refractivity contribution in [1.29, 1.82) is 0 Å². The van der Waals surface area contributed by atoms with E-state index in [4.69, 9.17) is 0 Å². The summed E-state index contributed by atoms with van der Waals surface area (Å²) in [7, 11) is 3.88. The molecule has 3 nitrogen and oxygen atoms in total. The molecule has 0 aliphatic carbocycles. The van der Waals surface area contributed by atoms with Crippen molar-refractivity contribution in [3.05, 3.63) is 71.9 Å². The second-order valence-corrected chi connectivity index (χ2v) is 8.81. The maximum absolute atomic E-state index is 12.0. The molecule has 0 bridgehead atoms. The van der Waals surface area contributed by atoms with Crippen LogP contribution in [0.1, 0.15) is 36.8 Å². The van der Waals surface area contributed by atoms with E-state index in [-0.39, 0.29) is 5.78 Å². The lowest BCUT2D eigenvalue weighted by Gasteiger charge is -2.38. The number of halogens is 1. The van der Waals surface area contributed by atoms with Crippen LogP contribution in [-0.4, -0.2) is 35.4 Å². The van der Waals surface area contributed by atoms with Crippen LogP contribution in [0.5, 0.6) is 0 Å².